The Labute approximate surface area is 138 Å². The van der Waals surface area contributed by atoms with E-state index in [1.165, 1.54) is 0 Å². The van der Waals surface area contributed by atoms with Crippen molar-refractivity contribution >= 4 is 16.3 Å². The molecular weight excluding hydrogens is 312 g/mol. The van der Waals surface area contributed by atoms with Crippen LogP contribution in [0.3, 0.4) is 0 Å². The van der Waals surface area contributed by atoms with Gasteiger partial charge in [-0.2, -0.15) is 5.10 Å². The van der Waals surface area contributed by atoms with Gasteiger partial charge in [-0.15, -0.1) is 11.3 Å². The molecule has 7 nitrogen and oxygen atoms in total. The minimum Gasteiger partial charge on any atom is -0.367 e. The molecule has 23 heavy (non-hydrogen) atoms. The van der Waals surface area contributed by atoms with Crippen molar-refractivity contribution < 1.29 is 4.74 Å². The summed E-state index contributed by atoms with van der Waals surface area (Å²) < 4.78 is 7.93. The molecule has 0 radical (unpaired) electrons. The number of ether oxygens (including phenoxy) is 1. The van der Waals surface area contributed by atoms with Gasteiger partial charge in [0.1, 0.15) is 11.9 Å². The van der Waals surface area contributed by atoms with Gasteiger partial charge in [0.05, 0.1) is 12.3 Å². The standard InChI is InChI=1S/C15H20N6OS/c1-2-3-13-17-14(19-18-13)12-10-20(4-6-22-12)8-11-9-21-5-7-23-15(21)16-11/h5,7,9,12H,2-4,6,8,10H2,1H3,(H,17,18,19)/t12-/m0/s1. The second-order valence-electron chi connectivity index (χ2n) is 5.81. The van der Waals surface area contributed by atoms with Crippen molar-refractivity contribution in [2.45, 2.75) is 32.4 Å². The van der Waals surface area contributed by atoms with Crippen molar-refractivity contribution in [3.05, 3.63) is 35.1 Å². The quantitative estimate of drug-likeness (QED) is 0.774. The van der Waals surface area contributed by atoms with E-state index in [2.05, 4.69) is 42.6 Å². The highest BCUT2D eigenvalue weighted by Crippen LogP contribution is 2.21. The van der Waals surface area contributed by atoms with Gasteiger partial charge in [0.2, 0.25) is 0 Å². The van der Waals surface area contributed by atoms with E-state index in [0.717, 1.165) is 54.8 Å². The highest BCUT2D eigenvalue weighted by molar-refractivity contribution is 7.15. The molecule has 1 fully saturated rings. The minimum atomic E-state index is -0.0608. The molecule has 3 aromatic rings. The minimum absolute atomic E-state index is 0.0608. The summed E-state index contributed by atoms with van der Waals surface area (Å²) in [6.45, 7) is 5.38. The van der Waals surface area contributed by atoms with Gasteiger partial charge >= 0.3 is 0 Å². The van der Waals surface area contributed by atoms with Crippen molar-refractivity contribution in [1.82, 2.24) is 29.5 Å². The lowest BCUT2D eigenvalue weighted by Crippen LogP contribution is -2.38. The number of nitrogens with one attached hydrogen (secondary N) is 1. The third-order valence-corrected chi connectivity index (χ3v) is 4.77. The Hall–Kier alpha value is -1.77. The first-order valence-electron chi connectivity index (χ1n) is 7.98. The first-order chi connectivity index (χ1) is 11.3. The molecule has 0 aliphatic carbocycles. The molecule has 0 aromatic carbocycles. The van der Waals surface area contributed by atoms with Gasteiger partial charge in [-0.1, -0.05) is 6.92 Å². The predicted molar refractivity (Wildman–Crippen MR) is 87.4 cm³/mol. The fraction of sp³-hybridized carbons (Fsp3) is 0.533. The van der Waals surface area contributed by atoms with Gasteiger partial charge in [-0.25, -0.2) is 9.97 Å². The highest BCUT2D eigenvalue weighted by Gasteiger charge is 2.25. The zero-order chi connectivity index (χ0) is 15.6. The Morgan fingerprint density at radius 3 is 3.26 bits per heavy atom. The van der Waals surface area contributed by atoms with Gasteiger partial charge in [0.25, 0.3) is 0 Å². The van der Waals surface area contributed by atoms with Crippen LogP contribution in [-0.4, -0.2) is 49.2 Å². The van der Waals surface area contributed by atoms with Crippen LogP contribution in [0.1, 0.15) is 36.8 Å². The fourth-order valence-corrected chi connectivity index (χ4v) is 3.61. The maximum atomic E-state index is 5.86. The highest BCUT2D eigenvalue weighted by atomic mass is 32.1. The number of aryl methyl sites for hydroxylation is 1. The van der Waals surface area contributed by atoms with Crippen LogP contribution < -0.4 is 0 Å². The maximum Gasteiger partial charge on any atom is 0.193 e. The average Bonchev–Trinajstić information content (AvgIpc) is 3.24. The summed E-state index contributed by atoms with van der Waals surface area (Å²) in [6.07, 6.45) is 6.07. The number of hydrogen-bond donors (Lipinski definition) is 1. The van der Waals surface area contributed by atoms with E-state index in [1.807, 2.05) is 11.6 Å². The fourth-order valence-electron chi connectivity index (χ4n) is 2.89. The average molecular weight is 332 g/mol. The number of H-pyrrole nitrogens is 1. The summed E-state index contributed by atoms with van der Waals surface area (Å²) in [4.78, 5) is 12.6. The Bertz CT molecular complexity index is 749. The van der Waals surface area contributed by atoms with Crippen molar-refractivity contribution in [3.8, 4) is 0 Å². The lowest BCUT2D eigenvalue weighted by molar-refractivity contribution is -0.0373. The van der Waals surface area contributed by atoms with Crippen LogP contribution in [0, 0.1) is 0 Å². The molecule has 0 spiro atoms. The Morgan fingerprint density at radius 1 is 1.43 bits per heavy atom. The lowest BCUT2D eigenvalue weighted by atomic mass is 10.2. The monoisotopic (exact) mass is 332 g/mol. The van der Waals surface area contributed by atoms with E-state index >= 15 is 0 Å². The Morgan fingerprint density at radius 2 is 2.39 bits per heavy atom. The summed E-state index contributed by atoms with van der Waals surface area (Å²) in [5.74, 6) is 1.71. The maximum absolute atomic E-state index is 5.86. The van der Waals surface area contributed by atoms with Crippen molar-refractivity contribution in [1.29, 1.82) is 0 Å². The third kappa shape index (κ3) is 3.15. The van der Waals surface area contributed by atoms with Gasteiger partial charge in [0, 0.05) is 43.8 Å². The zero-order valence-electron chi connectivity index (χ0n) is 13.1. The number of aromatic amines is 1. The molecular formula is C15H20N6OS. The van der Waals surface area contributed by atoms with E-state index in [0.29, 0.717) is 6.61 Å². The summed E-state index contributed by atoms with van der Waals surface area (Å²) in [5.41, 5.74) is 1.10. The first-order valence-corrected chi connectivity index (χ1v) is 8.86. The van der Waals surface area contributed by atoms with Crippen molar-refractivity contribution in [3.63, 3.8) is 0 Å². The molecule has 122 valence electrons. The summed E-state index contributed by atoms with van der Waals surface area (Å²) in [7, 11) is 0. The lowest BCUT2D eigenvalue weighted by Gasteiger charge is -2.30. The number of fused-ring (bicyclic) bond motifs is 1. The Kier molecular flexibility index (Phi) is 4.11. The molecule has 0 saturated carbocycles. The summed E-state index contributed by atoms with van der Waals surface area (Å²) in [6, 6.07) is 0. The number of hydrogen-bond acceptors (Lipinski definition) is 6. The van der Waals surface area contributed by atoms with Gasteiger partial charge in [-0.05, 0) is 6.42 Å². The summed E-state index contributed by atoms with van der Waals surface area (Å²) >= 11 is 1.66. The number of rotatable bonds is 5. The van der Waals surface area contributed by atoms with Crippen LogP contribution >= 0.6 is 11.3 Å². The molecule has 4 heterocycles. The zero-order valence-corrected chi connectivity index (χ0v) is 13.9. The number of nitrogens with zero attached hydrogens (tertiary/aromatic N) is 5. The molecule has 4 rings (SSSR count). The van der Waals surface area contributed by atoms with Crippen molar-refractivity contribution in [2.24, 2.45) is 0 Å². The van der Waals surface area contributed by atoms with E-state index in [9.17, 15) is 0 Å². The van der Waals surface area contributed by atoms with Crippen LogP contribution in [0.4, 0.5) is 0 Å². The van der Waals surface area contributed by atoms with Crippen LogP contribution in [0.5, 0.6) is 0 Å². The van der Waals surface area contributed by atoms with Crippen LogP contribution in [0.2, 0.25) is 0 Å². The number of imidazole rings is 1. The number of aromatic nitrogens is 5. The topological polar surface area (TPSA) is 71.3 Å². The second kappa shape index (κ2) is 6.38. The predicted octanol–water partition coefficient (Wildman–Crippen LogP) is 2.04. The second-order valence-corrected chi connectivity index (χ2v) is 6.68. The molecule has 0 unspecified atom stereocenters. The molecule has 1 N–H and O–H groups in total. The van der Waals surface area contributed by atoms with Gasteiger partial charge in [-0.3, -0.25) is 14.4 Å². The number of morpholine rings is 1. The third-order valence-electron chi connectivity index (χ3n) is 4.00. The smallest absolute Gasteiger partial charge is 0.193 e. The molecule has 3 aromatic heterocycles. The van der Waals surface area contributed by atoms with Crippen molar-refractivity contribution in [2.75, 3.05) is 19.7 Å². The largest absolute Gasteiger partial charge is 0.367 e. The SMILES string of the molecule is CCCc1nc([C@@H]2CN(Cc3cn4ccsc4n3)CCO2)n[nH]1. The van der Waals surface area contributed by atoms with E-state index < -0.39 is 0 Å². The Balaban J connectivity index is 1.42. The molecule has 1 aliphatic heterocycles. The van der Waals surface area contributed by atoms with Crippen LogP contribution in [0.15, 0.2) is 17.8 Å². The number of thiazole rings is 1. The van der Waals surface area contributed by atoms with Gasteiger partial charge < -0.3 is 4.74 Å². The van der Waals surface area contributed by atoms with Crippen LogP contribution in [-0.2, 0) is 17.7 Å². The molecule has 1 saturated heterocycles. The summed E-state index contributed by atoms with van der Waals surface area (Å²) in [5, 5.41) is 9.38. The molecule has 8 heteroatoms. The molecule has 0 bridgehead atoms. The normalized spacial score (nSPS) is 19.6. The molecule has 0 amide bonds. The first kappa shape index (κ1) is 14.8. The molecule has 1 aliphatic rings. The molecule has 1 atom stereocenters. The van der Waals surface area contributed by atoms with E-state index in [-0.39, 0.29) is 6.10 Å². The van der Waals surface area contributed by atoms with Crippen LogP contribution in [0.25, 0.3) is 4.96 Å². The van der Waals surface area contributed by atoms with E-state index in [4.69, 9.17) is 4.74 Å². The van der Waals surface area contributed by atoms with Gasteiger partial charge in [0.15, 0.2) is 10.8 Å². The van der Waals surface area contributed by atoms with E-state index in [1.54, 1.807) is 11.3 Å².